The summed E-state index contributed by atoms with van der Waals surface area (Å²) in [6.07, 6.45) is 0. The molecule has 4 heteroatoms. The van der Waals surface area contributed by atoms with Crippen LogP contribution in [-0.4, -0.2) is 37.2 Å². The molecule has 0 radical (unpaired) electrons. The van der Waals surface area contributed by atoms with Crippen molar-refractivity contribution in [3.05, 3.63) is 28.3 Å². The fourth-order valence-corrected chi connectivity index (χ4v) is 2.46. The molecule has 1 aliphatic rings. The molecule has 1 aromatic rings. The Balaban J connectivity index is 2.00. The highest BCUT2D eigenvalue weighted by atomic mass is 16.5. The summed E-state index contributed by atoms with van der Waals surface area (Å²) in [4.78, 5) is 13.2. The van der Waals surface area contributed by atoms with Crippen LogP contribution in [-0.2, 0) is 0 Å². The van der Waals surface area contributed by atoms with Crippen LogP contribution in [0.3, 0.4) is 0 Å². The lowest BCUT2D eigenvalue weighted by Gasteiger charge is -2.18. The van der Waals surface area contributed by atoms with E-state index >= 15 is 0 Å². The van der Waals surface area contributed by atoms with Crippen LogP contribution in [0.25, 0.3) is 0 Å². The second-order valence-corrected chi connectivity index (χ2v) is 5.16. The number of benzene rings is 1. The van der Waals surface area contributed by atoms with E-state index in [0.717, 1.165) is 24.4 Å². The van der Waals surface area contributed by atoms with Crippen molar-refractivity contribution in [1.82, 2.24) is 10.2 Å². The van der Waals surface area contributed by atoms with Gasteiger partial charge in [-0.1, -0.05) is 6.07 Å². The summed E-state index contributed by atoms with van der Waals surface area (Å²) < 4.78 is 5.89. The van der Waals surface area contributed by atoms with Gasteiger partial charge in [0.05, 0.1) is 6.54 Å². The van der Waals surface area contributed by atoms with Gasteiger partial charge in [0.15, 0.2) is 0 Å². The van der Waals surface area contributed by atoms with Crippen LogP contribution in [0.5, 0.6) is 5.75 Å². The molecule has 104 valence electrons. The van der Waals surface area contributed by atoms with Crippen molar-refractivity contribution in [3.63, 3.8) is 0 Å². The predicted molar refractivity (Wildman–Crippen MR) is 75.9 cm³/mol. The average molecular weight is 262 g/mol. The number of hydrogen-bond donors (Lipinski definition) is 1. The lowest BCUT2D eigenvalue weighted by Crippen LogP contribution is -2.32. The zero-order valence-corrected chi connectivity index (χ0v) is 12.2. The number of nitrogens with zero attached hydrogens (tertiary/aromatic N) is 1. The molecule has 0 spiro atoms. The van der Waals surface area contributed by atoms with E-state index in [-0.39, 0.29) is 6.03 Å². The number of ether oxygens (including phenoxy) is 1. The first-order valence-electron chi connectivity index (χ1n) is 6.73. The van der Waals surface area contributed by atoms with E-state index in [1.54, 1.807) is 4.90 Å². The topological polar surface area (TPSA) is 41.6 Å². The standard InChI is InChI=1S/C15H22N2O2/c1-10-9-11(2)14(13(4)12(10)3)19-8-7-17-6-5-16-15(17)18/h9H,5-8H2,1-4H3,(H,16,18). The van der Waals surface area contributed by atoms with Gasteiger partial charge in [0, 0.05) is 13.1 Å². The SMILES string of the molecule is Cc1cc(C)c(OCCN2CCNC2=O)c(C)c1C. The largest absolute Gasteiger partial charge is 0.491 e. The molecule has 0 aliphatic carbocycles. The minimum atomic E-state index is 0.0112. The molecule has 0 bridgehead atoms. The Hall–Kier alpha value is -1.71. The van der Waals surface area contributed by atoms with E-state index in [2.05, 4.69) is 39.1 Å². The number of urea groups is 1. The highest BCUT2D eigenvalue weighted by molar-refractivity contribution is 5.76. The number of nitrogens with one attached hydrogen (secondary N) is 1. The molecule has 0 aromatic heterocycles. The third-order valence-corrected chi connectivity index (χ3v) is 3.84. The first-order chi connectivity index (χ1) is 9.00. The summed E-state index contributed by atoms with van der Waals surface area (Å²) in [7, 11) is 0. The third-order valence-electron chi connectivity index (χ3n) is 3.84. The second kappa shape index (κ2) is 5.51. The van der Waals surface area contributed by atoms with Crippen molar-refractivity contribution in [3.8, 4) is 5.75 Å². The van der Waals surface area contributed by atoms with Gasteiger partial charge in [-0.25, -0.2) is 4.79 Å². The third kappa shape index (κ3) is 2.83. The number of aryl methyl sites for hydroxylation is 2. The van der Waals surface area contributed by atoms with Crippen LogP contribution in [0, 0.1) is 27.7 Å². The van der Waals surface area contributed by atoms with E-state index in [1.807, 2.05) is 0 Å². The molecule has 2 rings (SSSR count). The van der Waals surface area contributed by atoms with Crippen LogP contribution in [0.4, 0.5) is 4.79 Å². The van der Waals surface area contributed by atoms with Crippen LogP contribution in [0.15, 0.2) is 6.07 Å². The molecular formula is C15H22N2O2. The molecule has 1 fully saturated rings. The Morgan fingerprint density at radius 2 is 1.95 bits per heavy atom. The number of rotatable bonds is 4. The van der Waals surface area contributed by atoms with Gasteiger partial charge in [-0.2, -0.15) is 0 Å². The maximum Gasteiger partial charge on any atom is 0.317 e. The Labute approximate surface area is 114 Å². The van der Waals surface area contributed by atoms with Gasteiger partial charge in [-0.3, -0.25) is 0 Å². The first-order valence-corrected chi connectivity index (χ1v) is 6.73. The molecule has 0 unspecified atom stereocenters. The summed E-state index contributed by atoms with van der Waals surface area (Å²) >= 11 is 0. The lowest BCUT2D eigenvalue weighted by molar-refractivity contribution is 0.202. The molecule has 1 aromatic carbocycles. The van der Waals surface area contributed by atoms with Crippen LogP contribution in [0.2, 0.25) is 0 Å². The minimum Gasteiger partial charge on any atom is -0.491 e. The van der Waals surface area contributed by atoms with Crippen molar-refractivity contribution in [1.29, 1.82) is 0 Å². The fraction of sp³-hybridized carbons (Fsp3) is 0.533. The Morgan fingerprint density at radius 3 is 2.58 bits per heavy atom. The summed E-state index contributed by atoms with van der Waals surface area (Å²) in [5, 5.41) is 2.79. The van der Waals surface area contributed by atoms with Gasteiger partial charge in [0.25, 0.3) is 0 Å². The Morgan fingerprint density at radius 1 is 1.21 bits per heavy atom. The van der Waals surface area contributed by atoms with Gasteiger partial charge in [-0.15, -0.1) is 0 Å². The van der Waals surface area contributed by atoms with Crippen LogP contribution >= 0.6 is 0 Å². The minimum absolute atomic E-state index is 0.0112. The maximum atomic E-state index is 11.4. The van der Waals surface area contributed by atoms with Crippen molar-refractivity contribution >= 4 is 6.03 Å². The summed E-state index contributed by atoms with van der Waals surface area (Å²) in [6.45, 7) is 11.1. The zero-order valence-electron chi connectivity index (χ0n) is 12.2. The predicted octanol–water partition coefficient (Wildman–Crippen LogP) is 2.32. The van der Waals surface area contributed by atoms with Crippen LogP contribution in [0.1, 0.15) is 22.3 Å². The second-order valence-electron chi connectivity index (χ2n) is 5.16. The molecular weight excluding hydrogens is 240 g/mol. The molecule has 2 amide bonds. The van der Waals surface area contributed by atoms with Crippen molar-refractivity contribution in [2.24, 2.45) is 0 Å². The van der Waals surface area contributed by atoms with E-state index < -0.39 is 0 Å². The molecule has 0 saturated carbocycles. The quantitative estimate of drug-likeness (QED) is 0.904. The summed E-state index contributed by atoms with van der Waals surface area (Å²) in [6, 6.07) is 2.16. The van der Waals surface area contributed by atoms with E-state index in [9.17, 15) is 4.79 Å². The molecule has 19 heavy (non-hydrogen) atoms. The number of hydrogen-bond acceptors (Lipinski definition) is 2. The molecule has 1 heterocycles. The van der Waals surface area contributed by atoms with Gasteiger partial charge < -0.3 is 15.0 Å². The first kappa shape index (κ1) is 13.7. The summed E-state index contributed by atoms with van der Waals surface area (Å²) in [5.41, 5.74) is 4.93. The van der Waals surface area contributed by atoms with E-state index in [1.165, 1.54) is 16.7 Å². The highest BCUT2D eigenvalue weighted by Crippen LogP contribution is 2.28. The van der Waals surface area contributed by atoms with Gasteiger partial charge in [-0.05, 0) is 49.9 Å². The van der Waals surface area contributed by atoms with Gasteiger partial charge >= 0.3 is 6.03 Å². The molecule has 1 saturated heterocycles. The Kier molecular flexibility index (Phi) is 3.98. The number of amides is 2. The fourth-order valence-electron chi connectivity index (χ4n) is 2.46. The monoisotopic (exact) mass is 262 g/mol. The van der Waals surface area contributed by atoms with E-state index in [4.69, 9.17) is 4.74 Å². The molecule has 0 atom stereocenters. The zero-order chi connectivity index (χ0) is 14.0. The summed E-state index contributed by atoms with van der Waals surface area (Å²) in [5.74, 6) is 0.961. The van der Waals surface area contributed by atoms with E-state index in [0.29, 0.717) is 13.2 Å². The smallest absolute Gasteiger partial charge is 0.317 e. The molecule has 4 nitrogen and oxygen atoms in total. The van der Waals surface area contributed by atoms with Crippen LogP contribution < -0.4 is 10.1 Å². The molecule has 1 aliphatic heterocycles. The highest BCUT2D eigenvalue weighted by Gasteiger charge is 2.19. The normalized spacial score (nSPS) is 14.7. The lowest BCUT2D eigenvalue weighted by atomic mass is 10.00. The Bertz CT molecular complexity index is 497. The van der Waals surface area contributed by atoms with Crippen molar-refractivity contribution in [2.75, 3.05) is 26.2 Å². The van der Waals surface area contributed by atoms with Crippen molar-refractivity contribution in [2.45, 2.75) is 27.7 Å². The molecule has 1 N–H and O–H groups in total. The van der Waals surface area contributed by atoms with Gasteiger partial charge in [0.1, 0.15) is 12.4 Å². The van der Waals surface area contributed by atoms with Gasteiger partial charge in [0.2, 0.25) is 0 Å². The number of carbonyl (C=O) groups excluding carboxylic acids is 1. The van der Waals surface area contributed by atoms with Crippen molar-refractivity contribution < 1.29 is 9.53 Å². The average Bonchev–Trinajstić information content (AvgIpc) is 2.77. The number of carbonyl (C=O) groups is 1. The maximum absolute atomic E-state index is 11.4.